The first-order chi connectivity index (χ1) is 19.7. The molecule has 0 unspecified atom stereocenters. The van der Waals surface area contributed by atoms with E-state index in [1.807, 2.05) is 25.1 Å². The highest BCUT2D eigenvalue weighted by Gasteiger charge is 2.20. The zero-order valence-corrected chi connectivity index (χ0v) is 24.3. The summed E-state index contributed by atoms with van der Waals surface area (Å²) in [4.78, 5) is 0. The van der Waals surface area contributed by atoms with Gasteiger partial charge in [0.25, 0.3) is 0 Å². The van der Waals surface area contributed by atoms with Crippen LogP contribution in [0.2, 0.25) is 0 Å². The number of aryl methyl sites for hydroxylation is 3. The lowest BCUT2D eigenvalue weighted by atomic mass is 9.83. The van der Waals surface area contributed by atoms with Gasteiger partial charge in [0.2, 0.25) is 0 Å². The summed E-state index contributed by atoms with van der Waals surface area (Å²) in [6, 6.07) is 39.7. The molecule has 0 aliphatic carbocycles. The lowest BCUT2D eigenvalue weighted by Crippen LogP contribution is -2.12. The average molecular weight is 542 g/mol. The van der Waals surface area contributed by atoms with Crippen molar-refractivity contribution in [3.63, 3.8) is 0 Å². The van der Waals surface area contributed by atoms with E-state index in [-0.39, 0.29) is 5.41 Å². The van der Waals surface area contributed by atoms with E-state index >= 15 is 0 Å². The molecule has 0 radical (unpaired) electrons. The lowest BCUT2D eigenvalue weighted by molar-refractivity contribution is 0.442. The van der Waals surface area contributed by atoms with Gasteiger partial charge in [-0.1, -0.05) is 63.2 Å². The van der Waals surface area contributed by atoms with Crippen molar-refractivity contribution in [3.8, 4) is 5.75 Å². The number of para-hydroxylation sites is 1. The highest BCUT2D eigenvalue weighted by Crippen LogP contribution is 2.34. The Morgan fingerprint density at radius 3 is 1.34 bits per heavy atom. The first-order valence-electron chi connectivity index (χ1n) is 14.2. The Bertz CT molecular complexity index is 1570. The molecular weight excluding hydrogens is 502 g/mol. The van der Waals surface area contributed by atoms with Crippen molar-refractivity contribution in [3.05, 3.63) is 138 Å². The van der Waals surface area contributed by atoms with Gasteiger partial charge in [0.1, 0.15) is 5.75 Å². The maximum atomic E-state index is 10.5. The van der Waals surface area contributed by atoms with Gasteiger partial charge >= 0.3 is 0 Å². The van der Waals surface area contributed by atoms with Crippen LogP contribution >= 0.6 is 0 Å². The monoisotopic (exact) mass is 541 g/mol. The SMILES string of the molecule is Cc1cc(CCc2ccc(Nc3ccc(Nc4ccc(Nc5ccccc5)cc4)cc3)cc2)cc(C(C)(C)C)c1O. The number of hydrogen-bond donors (Lipinski definition) is 4. The van der Waals surface area contributed by atoms with Crippen LogP contribution in [-0.2, 0) is 18.3 Å². The highest BCUT2D eigenvalue weighted by molar-refractivity contribution is 5.68. The second kappa shape index (κ2) is 12.2. The number of phenols is 1. The molecule has 0 fully saturated rings. The fourth-order valence-electron chi connectivity index (χ4n) is 4.91. The predicted octanol–water partition coefficient (Wildman–Crippen LogP) is 10.0. The van der Waals surface area contributed by atoms with Crippen molar-refractivity contribution in [1.82, 2.24) is 0 Å². The van der Waals surface area contributed by atoms with E-state index in [9.17, 15) is 5.11 Å². The standard InChI is InChI=1S/C37H39N3O/c1-26-24-28(25-35(36(26)41)37(2,3)4)11-10-27-12-14-30(15-13-27)39-32-20-22-34(23-21-32)40-33-18-16-31(17-19-33)38-29-8-6-5-7-9-29/h5-9,12-25,38-41H,10-11H2,1-4H3. The minimum atomic E-state index is -0.0849. The molecule has 0 amide bonds. The van der Waals surface area contributed by atoms with Gasteiger partial charge in [0.05, 0.1) is 0 Å². The van der Waals surface area contributed by atoms with Crippen molar-refractivity contribution < 1.29 is 5.11 Å². The normalized spacial score (nSPS) is 11.2. The highest BCUT2D eigenvalue weighted by atomic mass is 16.3. The summed E-state index contributed by atoms with van der Waals surface area (Å²) in [5, 5.41) is 20.9. The van der Waals surface area contributed by atoms with Crippen LogP contribution in [0.3, 0.4) is 0 Å². The van der Waals surface area contributed by atoms with Crippen LogP contribution in [0.15, 0.2) is 115 Å². The van der Waals surface area contributed by atoms with Crippen LogP contribution in [0, 0.1) is 6.92 Å². The summed E-state index contributed by atoms with van der Waals surface area (Å²) < 4.78 is 0. The van der Waals surface area contributed by atoms with Crippen molar-refractivity contribution in [2.45, 2.75) is 46.0 Å². The molecule has 0 saturated carbocycles. The number of anilines is 6. The van der Waals surface area contributed by atoms with Gasteiger partial charge in [-0.3, -0.25) is 0 Å². The Morgan fingerprint density at radius 2 is 0.902 bits per heavy atom. The number of aromatic hydroxyl groups is 1. The Kier molecular flexibility index (Phi) is 8.30. The molecule has 0 aromatic heterocycles. The van der Waals surface area contributed by atoms with E-state index < -0.39 is 0 Å². The van der Waals surface area contributed by atoms with Gasteiger partial charge in [-0.15, -0.1) is 0 Å². The van der Waals surface area contributed by atoms with Crippen molar-refractivity contribution in [2.75, 3.05) is 16.0 Å². The molecule has 0 aliphatic rings. The van der Waals surface area contributed by atoms with Crippen LogP contribution in [-0.4, -0.2) is 5.11 Å². The molecule has 4 N–H and O–H groups in total. The summed E-state index contributed by atoms with van der Waals surface area (Å²) in [7, 11) is 0. The molecule has 0 bridgehead atoms. The third-order valence-electron chi connectivity index (χ3n) is 7.23. The van der Waals surface area contributed by atoms with E-state index in [2.05, 4.69) is 134 Å². The van der Waals surface area contributed by atoms with Crippen molar-refractivity contribution in [1.29, 1.82) is 0 Å². The lowest BCUT2D eigenvalue weighted by Gasteiger charge is -2.22. The summed E-state index contributed by atoms with van der Waals surface area (Å²) >= 11 is 0. The first-order valence-corrected chi connectivity index (χ1v) is 14.2. The number of phenolic OH excluding ortho intramolecular Hbond substituents is 1. The van der Waals surface area contributed by atoms with E-state index in [1.54, 1.807) is 0 Å². The van der Waals surface area contributed by atoms with Gasteiger partial charge in [0, 0.05) is 34.1 Å². The first kappa shape index (κ1) is 27.9. The molecule has 0 saturated heterocycles. The molecule has 0 spiro atoms. The fraction of sp³-hybridized carbons (Fsp3) is 0.189. The van der Waals surface area contributed by atoms with E-state index in [0.29, 0.717) is 5.75 Å². The third kappa shape index (κ3) is 7.49. The summed E-state index contributed by atoms with van der Waals surface area (Å²) in [5.74, 6) is 0.422. The molecule has 4 heteroatoms. The molecule has 5 rings (SSSR count). The van der Waals surface area contributed by atoms with Crippen molar-refractivity contribution in [2.24, 2.45) is 0 Å². The molecule has 0 atom stereocenters. The quantitative estimate of drug-likeness (QED) is 0.150. The minimum Gasteiger partial charge on any atom is -0.507 e. The third-order valence-corrected chi connectivity index (χ3v) is 7.23. The fourth-order valence-corrected chi connectivity index (χ4v) is 4.91. The van der Waals surface area contributed by atoms with Crippen molar-refractivity contribution >= 4 is 34.1 Å². The average Bonchev–Trinajstić information content (AvgIpc) is 2.96. The second-order valence-corrected chi connectivity index (χ2v) is 11.7. The Hall–Kier alpha value is -4.70. The zero-order valence-electron chi connectivity index (χ0n) is 24.3. The number of hydrogen-bond acceptors (Lipinski definition) is 4. The maximum Gasteiger partial charge on any atom is 0.122 e. The Labute approximate surface area is 244 Å². The van der Waals surface area contributed by atoms with E-state index in [0.717, 1.165) is 58.1 Å². The molecule has 208 valence electrons. The number of rotatable bonds is 9. The van der Waals surface area contributed by atoms with E-state index in [1.165, 1.54) is 11.1 Å². The number of nitrogens with one attached hydrogen (secondary N) is 3. The predicted molar refractivity (Wildman–Crippen MR) is 175 cm³/mol. The minimum absolute atomic E-state index is 0.0849. The van der Waals surface area contributed by atoms with E-state index in [4.69, 9.17) is 0 Å². The van der Waals surface area contributed by atoms with Crippen LogP contribution in [0.4, 0.5) is 34.1 Å². The molecule has 41 heavy (non-hydrogen) atoms. The van der Waals surface area contributed by atoms with Gasteiger partial charge in [-0.05, 0) is 120 Å². The zero-order chi connectivity index (χ0) is 28.8. The van der Waals surface area contributed by atoms with Gasteiger partial charge in [-0.25, -0.2) is 0 Å². The molecule has 5 aromatic carbocycles. The summed E-state index contributed by atoms with van der Waals surface area (Å²) in [6.45, 7) is 8.42. The van der Waals surface area contributed by atoms with Crippen LogP contribution in [0.25, 0.3) is 0 Å². The molecular formula is C37H39N3O. The van der Waals surface area contributed by atoms with Gasteiger partial charge < -0.3 is 21.1 Å². The second-order valence-electron chi connectivity index (χ2n) is 11.7. The van der Waals surface area contributed by atoms with Gasteiger partial charge in [-0.2, -0.15) is 0 Å². The largest absolute Gasteiger partial charge is 0.507 e. The summed E-state index contributed by atoms with van der Waals surface area (Å²) in [6.07, 6.45) is 1.90. The topological polar surface area (TPSA) is 56.3 Å². The van der Waals surface area contributed by atoms with Gasteiger partial charge in [0.15, 0.2) is 0 Å². The smallest absolute Gasteiger partial charge is 0.122 e. The summed E-state index contributed by atoms with van der Waals surface area (Å²) in [5.41, 5.74) is 10.7. The molecule has 5 aromatic rings. The Morgan fingerprint density at radius 1 is 0.512 bits per heavy atom. The number of benzene rings is 5. The Balaban J connectivity index is 1.13. The van der Waals surface area contributed by atoms with Crippen LogP contribution in [0.5, 0.6) is 5.75 Å². The van der Waals surface area contributed by atoms with Crippen LogP contribution < -0.4 is 16.0 Å². The molecule has 0 heterocycles. The van der Waals surface area contributed by atoms with Crippen LogP contribution in [0.1, 0.15) is 43.0 Å². The molecule has 0 aliphatic heterocycles. The maximum absolute atomic E-state index is 10.5. The molecule has 4 nitrogen and oxygen atoms in total.